The molecule has 248 valence electrons. The van der Waals surface area contributed by atoms with Crippen LogP contribution in [0.25, 0.3) is 0 Å². The summed E-state index contributed by atoms with van der Waals surface area (Å²) in [6.45, 7) is 7.69. The first-order valence-corrected chi connectivity index (χ1v) is 19.7. The van der Waals surface area contributed by atoms with Gasteiger partial charge in [0.15, 0.2) is 5.60 Å². The van der Waals surface area contributed by atoms with Crippen molar-refractivity contribution in [2.24, 2.45) is 5.92 Å². The minimum atomic E-state index is -2.45. The third kappa shape index (κ3) is 5.98. The van der Waals surface area contributed by atoms with E-state index in [1.54, 1.807) is 12.0 Å². The van der Waals surface area contributed by atoms with E-state index in [9.17, 15) is 19.5 Å². The summed E-state index contributed by atoms with van der Waals surface area (Å²) in [5.41, 5.74) is 1.69. The highest BCUT2D eigenvalue weighted by atomic mass is 28.3. The standard InChI is InChI=1S/C37H45N3O6Si/c1-25-35(47(3,4)29-16-14-28(45-2)15-17-29)32(23-34(43)39(20-21-41)24-26-10-6-5-7-11-26)46-37(25)30-22-27(13-18-31(30)38-36(37)44)40-19-9-8-12-33(40)42/h5-7,10-11,13-18,22,25,32,35,41H,8-9,12,19-21,23-24H2,1-4H3,(H,38,44)/t25-,32+,35-,37+/m0/s1. The zero-order valence-electron chi connectivity index (χ0n) is 27.7. The van der Waals surface area contributed by atoms with Gasteiger partial charge in [-0.2, -0.15) is 0 Å². The number of hydrogen-bond acceptors (Lipinski definition) is 6. The third-order valence-electron chi connectivity index (χ3n) is 10.5. The number of hydrogen-bond donors (Lipinski definition) is 2. The summed E-state index contributed by atoms with van der Waals surface area (Å²) in [6, 6.07) is 23.6. The van der Waals surface area contributed by atoms with Crippen molar-refractivity contribution < 1.29 is 29.0 Å². The molecule has 3 aromatic rings. The molecule has 10 heteroatoms. The third-order valence-corrected chi connectivity index (χ3v) is 14.9. The predicted molar refractivity (Wildman–Crippen MR) is 184 cm³/mol. The van der Waals surface area contributed by atoms with Crippen LogP contribution in [0.3, 0.4) is 0 Å². The van der Waals surface area contributed by atoms with Crippen LogP contribution in [0.4, 0.5) is 11.4 Å². The average molecular weight is 656 g/mol. The molecule has 0 radical (unpaired) electrons. The minimum Gasteiger partial charge on any atom is -0.497 e. The van der Waals surface area contributed by atoms with Crippen molar-refractivity contribution in [3.63, 3.8) is 0 Å². The maximum absolute atomic E-state index is 14.2. The first-order valence-electron chi connectivity index (χ1n) is 16.6. The number of benzene rings is 3. The quantitative estimate of drug-likeness (QED) is 0.304. The lowest BCUT2D eigenvalue weighted by atomic mass is 9.82. The summed E-state index contributed by atoms with van der Waals surface area (Å²) in [4.78, 5) is 44.7. The van der Waals surface area contributed by atoms with Gasteiger partial charge in [0.25, 0.3) is 5.91 Å². The van der Waals surface area contributed by atoms with Gasteiger partial charge in [0.2, 0.25) is 11.8 Å². The Hall–Kier alpha value is -3.99. The second kappa shape index (κ2) is 13.3. The van der Waals surface area contributed by atoms with E-state index in [-0.39, 0.29) is 48.8 Å². The molecule has 2 saturated heterocycles. The van der Waals surface area contributed by atoms with Crippen molar-refractivity contribution in [1.29, 1.82) is 0 Å². The van der Waals surface area contributed by atoms with Crippen LogP contribution < -0.4 is 20.1 Å². The minimum absolute atomic E-state index is 0.0725. The molecular formula is C37H45N3O6Si. The van der Waals surface area contributed by atoms with Gasteiger partial charge in [-0.3, -0.25) is 14.4 Å². The van der Waals surface area contributed by atoms with Crippen LogP contribution in [0.1, 0.15) is 43.7 Å². The molecule has 3 aliphatic heterocycles. The van der Waals surface area contributed by atoms with Crippen LogP contribution in [0.2, 0.25) is 18.6 Å². The van der Waals surface area contributed by atoms with E-state index < -0.39 is 19.8 Å². The van der Waals surface area contributed by atoms with Crippen molar-refractivity contribution >= 4 is 42.4 Å². The molecule has 3 heterocycles. The van der Waals surface area contributed by atoms with Crippen LogP contribution in [-0.4, -0.2) is 68.7 Å². The molecule has 2 fully saturated rings. The Morgan fingerprint density at radius 2 is 1.83 bits per heavy atom. The molecule has 0 saturated carbocycles. The number of rotatable bonds is 10. The fourth-order valence-electron chi connectivity index (χ4n) is 8.09. The van der Waals surface area contributed by atoms with E-state index in [0.717, 1.165) is 35.4 Å². The normalized spacial score (nSPS) is 23.9. The Balaban J connectivity index is 1.40. The first kappa shape index (κ1) is 32.9. The van der Waals surface area contributed by atoms with Crippen LogP contribution in [-0.2, 0) is 31.3 Å². The van der Waals surface area contributed by atoms with E-state index in [2.05, 4.69) is 37.5 Å². The van der Waals surface area contributed by atoms with Crippen LogP contribution in [0.15, 0.2) is 72.8 Å². The number of fused-ring (bicyclic) bond motifs is 2. The molecule has 6 rings (SSSR count). The van der Waals surface area contributed by atoms with Crippen LogP contribution in [0.5, 0.6) is 5.75 Å². The number of anilines is 2. The number of aliphatic hydroxyl groups excluding tert-OH is 1. The highest BCUT2D eigenvalue weighted by Gasteiger charge is 2.65. The van der Waals surface area contributed by atoms with Crippen molar-refractivity contribution in [2.45, 2.75) is 69.5 Å². The molecule has 0 aromatic heterocycles. The number of aliphatic hydroxyl groups is 1. The summed E-state index contributed by atoms with van der Waals surface area (Å²) in [6.07, 6.45) is 1.83. The Labute approximate surface area is 277 Å². The zero-order valence-corrected chi connectivity index (χ0v) is 28.7. The number of nitrogens with zero attached hydrogens (tertiary/aromatic N) is 2. The van der Waals surface area contributed by atoms with Gasteiger partial charge < -0.3 is 29.7 Å². The molecule has 4 atom stereocenters. The highest BCUT2D eigenvalue weighted by Crippen LogP contribution is 2.59. The molecule has 0 aliphatic carbocycles. The topological polar surface area (TPSA) is 108 Å². The van der Waals surface area contributed by atoms with E-state index in [1.165, 1.54) is 5.19 Å². The number of carbonyl (C=O) groups excluding carboxylic acids is 3. The van der Waals surface area contributed by atoms with Gasteiger partial charge in [-0.05, 0) is 54.3 Å². The summed E-state index contributed by atoms with van der Waals surface area (Å²) in [5, 5.41) is 14.2. The number of methoxy groups -OCH3 is 1. The molecule has 47 heavy (non-hydrogen) atoms. The largest absolute Gasteiger partial charge is 0.497 e. The Morgan fingerprint density at radius 3 is 2.51 bits per heavy atom. The fourth-order valence-corrected chi connectivity index (χ4v) is 12.1. The number of ether oxygens (including phenoxy) is 2. The molecule has 9 nitrogen and oxygen atoms in total. The number of amides is 3. The van der Waals surface area contributed by atoms with Crippen LogP contribution in [0, 0.1) is 5.92 Å². The van der Waals surface area contributed by atoms with E-state index in [0.29, 0.717) is 25.2 Å². The van der Waals surface area contributed by atoms with E-state index >= 15 is 0 Å². The number of nitrogens with one attached hydrogen (secondary N) is 1. The second-order valence-electron chi connectivity index (χ2n) is 13.6. The van der Waals surface area contributed by atoms with Gasteiger partial charge in [0.05, 0.1) is 34.3 Å². The molecule has 3 amide bonds. The molecule has 0 unspecified atom stereocenters. The lowest BCUT2D eigenvalue weighted by Gasteiger charge is -2.37. The Morgan fingerprint density at radius 1 is 1.09 bits per heavy atom. The predicted octanol–water partition coefficient (Wildman–Crippen LogP) is 4.79. The van der Waals surface area contributed by atoms with Gasteiger partial charge in [-0.1, -0.05) is 67.7 Å². The van der Waals surface area contributed by atoms with Crippen LogP contribution >= 0.6 is 0 Å². The smallest absolute Gasteiger partial charge is 0.261 e. The first-order chi connectivity index (χ1) is 22.6. The number of carbonyl (C=O) groups is 3. The Kier molecular flexibility index (Phi) is 9.28. The van der Waals surface area contributed by atoms with Gasteiger partial charge >= 0.3 is 0 Å². The lowest BCUT2D eigenvalue weighted by Crippen LogP contribution is -2.52. The SMILES string of the molecule is COc1ccc([Si](C)(C)[C@@H]2[C@@H](CC(=O)N(CCO)Cc3ccccc3)O[C@]3(C(=O)Nc4ccc(N5CCCCC5=O)cc43)[C@H]2C)cc1. The summed E-state index contributed by atoms with van der Waals surface area (Å²) < 4.78 is 12.5. The molecule has 2 N–H and O–H groups in total. The van der Waals surface area contributed by atoms with Gasteiger partial charge in [-0.25, -0.2) is 0 Å². The van der Waals surface area contributed by atoms with Gasteiger partial charge in [-0.15, -0.1) is 0 Å². The fraction of sp³-hybridized carbons (Fsp3) is 0.432. The van der Waals surface area contributed by atoms with Crippen molar-refractivity contribution in [2.75, 3.05) is 37.0 Å². The monoisotopic (exact) mass is 655 g/mol. The maximum atomic E-state index is 14.2. The summed E-state index contributed by atoms with van der Waals surface area (Å²) in [7, 11) is -0.805. The molecular weight excluding hydrogens is 611 g/mol. The lowest BCUT2D eigenvalue weighted by molar-refractivity contribution is -0.148. The summed E-state index contributed by atoms with van der Waals surface area (Å²) >= 11 is 0. The highest BCUT2D eigenvalue weighted by molar-refractivity contribution is 6.91. The molecule has 0 bridgehead atoms. The average Bonchev–Trinajstić information content (AvgIpc) is 3.53. The second-order valence-corrected chi connectivity index (χ2v) is 18.3. The van der Waals surface area contributed by atoms with E-state index in [1.807, 2.05) is 65.6 Å². The van der Waals surface area contributed by atoms with Gasteiger partial charge in [0.1, 0.15) is 5.75 Å². The molecule has 3 aromatic carbocycles. The maximum Gasteiger partial charge on any atom is 0.261 e. The van der Waals surface area contributed by atoms with Crippen molar-refractivity contribution in [3.05, 3.63) is 83.9 Å². The molecule has 3 aliphatic rings. The van der Waals surface area contributed by atoms with Gasteiger partial charge in [0, 0.05) is 48.9 Å². The Bertz CT molecular complexity index is 1630. The summed E-state index contributed by atoms with van der Waals surface area (Å²) in [5.74, 6) is 0.200. The number of piperidine rings is 1. The van der Waals surface area contributed by atoms with Crippen molar-refractivity contribution in [1.82, 2.24) is 4.90 Å². The molecule has 1 spiro atoms. The van der Waals surface area contributed by atoms with Crippen molar-refractivity contribution in [3.8, 4) is 5.75 Å². The zero-order chi connectivity index (χ0) is 33.3. The van der Waals surface area contributed by atoms with E-state index in [4.69, 9.17) is 9.47 Å².